The molecule has 30 heavy (non-hydrogen) atoms. The van der Waals surface area contributed by atoms with Crippen LogP contribution in [0.25, 0.3) is 11.4 Å². The molecule has 2 aromatic carbocycles. The fraction of sp³-hybridized carbons (Fsp3) is 0.318. The largest absolute Gasteiger partial charge is 0.385 e. The van der Waals surface area contributed by atoms with Gasteiger partial charge in [-0.1, -0.05) is 54.6 Å². The summed E-state index contributed by atoms with van der Waals surface area (Å²) in [6.07, 6.45) is 1.77. The van der Waals surface area contributed by atoms with Crippen molar-refractivity contribution in [1.82, 2.24) is 14.8 Å². The molecule has 0 aliphatic heterocycles. The van der Waals surface area contributed by atoms with Crippen molar-refractivity contribution in [3.63, 3.8) is 0 Å². The summed E-state index contributed by atoms with van der Waals surface area (Å²) in [5.74, 6) is 0.838. The SMILES string of the molecule is CCc1ccc(NC(=O)CSc2nnc(-c3ccccc3Cl)n2CCCOC)cc1. The van der Waals surface area contributed by atoms with E-state index in [9.17, 15) is 4.79 Å². The molecule has 1 N–H and O–H groups in total. The molecule has 158 valence electrons. The Morgan fingerprint density at radius 3 is 2.63 bits per heavy atom. The van der Waals surface area contributed by atoms with Crippen LogP contribution in [0.3, 0.4) is 0 Å². The number of rotatable bonds is 10. The van der Waals surface area contributed by atoms with Crippen molar-refractivity contribution in [2.75, 3.05) is 24.8 Å². The molecule has 6 nitrogen and oxygen atoms in total. The van der Waals surface area contributed by atoms with Crippen LogP contribution in [0.5, 0.6) is 0 Å². The van der Waals surface area contributed by atoms with Crippen molar-refractivity contribution in [3.05, 3.63) is 59.1 Å². The van der Waals surface area contributed by atoms with E-state index in [1.165, 1.54) is 17.3 Å². The van der Waals surface area contributed by atoms with Crippen LogP contribution >= 0.6 is 23.4 Å². The highest BCUT2D eigenvalue weighted by Crippen LogP contribution is 2.29. The molecule has 0 bridgehead atoms. The summed E-state index contributed by atoms with van der Waals surface area (Å²) >= 11 is 7.72. The molecule has 0 radical (unpaired) electrons. The molecule has 0 unspecified atom stereocenters. The predicted molar refractivity (Wildman–Crippen MR) is 122 cm³/mol. The van der Waals surface area contributed by atoms with Crippen LogP contribution in [-0.2, 0) is 22.5 Å². The molecule has 0 spiro atoms. The van der Waals surface area contributed by atoms with Crippen molar-refractivity contribution >= 4 is 35.0 Å². The summed E-state index contributed by atoms with van der Waals surface area (Å²) < 4.78 is 7.17. The van der Waals surface area contributed by atoms with Gasteiger partial charge in [0.05, 0.1) is 10.8 Å². The minimum Gasteiger partial charge on any atom is -0.385 e. The van der Waals surface area contributed by atoms with Crippen molar-refractivity contribution < 1.29 is 9.53 Å². The van der Waals surface area contributed by atoms with Crippen LogP contribution in [0.4, 0.5) is 5.69 Å². The summed E-state index contributed by atoms with van der Waals surface area (Å²) in [6, 6.07) is 15.4. The molecule has 0 fully saturated rings. The average molecular weight is 445 g/mol. The fourth-order valence-electron chi connectivity index (χ4n) is 2.96. The second-order valence-electron chi connectivity index (χ2n) is 6.67. The van der Waals surface area contributed by atoms with Gasteiger partial charge in [-0.2, -0.15) is 0 Å². The van der Waals surface area contributed by atoms with Crippen LogP contribution in [0, 0.1) is 0 Å². The smallest absolute Gasteiger partial charge is 0.234 e. The third-order valence-electron chi connectivity index (χ3n) is 4.54. The first-order valence-corrected chi connectivity index (χ1v) is 11.2. The number of aromatic nitrogens is 3. The number of ether oxygens (including phenoxy) is 1. The van der Waals surface area contributed by atoms with E-state index in [-0.39, 0.29) is 11.7 Å². The maximum Gasteiger partial charge on any atom is 0.234 e. The number of thioether (sulfide) groups is 1. The molecule has 0 saturated heterocycles. The quantitative estimate of drug-likeness (QED) is 0.354. The highest BCUT2D eigenvalue weighted by Gasteiger charge is 2.17. The van der Waals surface area contributed by atoms with E-state index >= 15 is 0 Å². The van der Waals surface area contributed by atoms with Crippen LogP contribution < -0.4 is 5.32 Å². The molecular formula is C22H25ClN4O2S. The number of nitrogens with one attached hydrogen (secondary N) is 1. The first kappa shape index (κ1) is 22.3. The summed E-state index contributed by atoms with van der Waals surface area (Å²) in [7, 11) is 1.67. The number of carbonyl (C=O) groups is 1. The van der Waals surface area contributed by atoms with Gasteiger partial charge in [0.15, 0.2) is 11.0 Å². The molecular weight excluding hydrogens is 420 g/mol. The molecule has 1 amide bonds. The molecule has 3 rings (SSSR count). The van der Waals surface area contributed by atoms with Gasteiger partial charge in [0.2, 0.25) is 5.91 Å². The van der Waals surface area contributed by atoms with Gasteiger partial charge >= 0.3 is 0 Å². The van der Waals surface area contributed by atoms with Gasteiger partial charge in [-0.05, 0) is 42.7 Å². The van der Waals surface area contributed by atoms with Crippen LogP contribution in [0.15, 0.2) is 53.7 Å². The third kappa shape index (κ3) is 5.84. The maximum absolute atomic E-state index is 12.4. The predicted octanol–water partition coefficient (Wildman–Crippen LogP) is 4.93. The van der Waals surface area contributed by atoms with Gasteiger partial charge in [0.1, 0.15) is 0 Å². The highest BCUT2D eigenvalue weighted by molar-refractivity contribution is 7.99. The molecule has 0 saturated carbocycles. The number of nitrogens with zero attached hydrogens (tertiary/aromatic N) is 3. The summed E-state index contributed by atoms with van der Waals surface area (Å²) in [6.45, 7) is 3.40. The summed E-state index contributed by atoms with van der Waals surface area (Å²) in [4.78, 5) is 12.4. The number of amides is 1. The fourth-order valence-corrected chi connectivity index (χ4v) is 3.94. The molecule has 0 aliphatic rings. The Morgan fingerprint density at radius 2 is 1.93 bits per heavy atom. The first-order valence-electron chi connectivity index (χ1n) is 9.81. The lowest BCUT2D eigenvalue weighted by atomic mass is 10.1. The van der Waals surface area contributed by atoms with Crippen molar-refractivity contribution in [3.8, 4) is 11.4 Å². The van der Waals surface area contributed by atoms with E-state index in [2.05, 4.69) is 22.4 Å². The second kappa shape index (κ2) is 11.2. The van der Waals surface area contributed by atoms with Crippen LogP contribution in [0.2, 0.25) is 5.02 Å². The molecule has 0 atom stereocenters. The number of benzene rings is 2. The standard InChI is InChI=1S/C22H25ClN4O2S/c1-3-16-9-11-17(12-10-16)24-20(28)15-30-22-26-25-21(27(22)13-6-14-29-2)18-7-4-5-8-19(18)23/h4-5,7-12H,3,6,13-15H2,1-2H3,(H,24,28). The Labute approximate surface area is 186 Å². The summed E-state index contributed by atoms with van der Waals surface area (Å²) in [5, 5.41) is 12.9. The number of hydrogen-bond donors (Lipinski definition) is 1. The van der Waals surface area contributed by atoms with Gasteiger partial charge < -0.3 is 14.6 Å². The normalized spacial score (nSPS) is 10.9. The van der Waals surface area contributed by atoms with Crippen molar-refractivity contribution in [1.29, 1.82) is 0 Å². The van der Waals surface area contributed by atoms with E-state index in [1.807, 2.05) is 53.1 Å². The Bertz CT molecular complexity index is 976. The van der Waals surface area contributed by atoms with Crippen molar-refractivity contribution in [2.45, 2.75) is 31.5 Å². The third-order valence-corrected chi connectivity index (χ3v) is 5.84. The zero-order valence-electron chi connectivity index (χ0n) is 17.1. The number of hydrogen-bond acceptors (Lipinski definition) is 5. The lowest BCUT2D eigenvalue weighted by molar-refractivity contribution is -0.113. The van der Waals surface area contributed by atoms with E-state index in [0.29, 0.717) is 29.2 Å². The van der Waals surface area contributed by atoms with E-state index in [1.54, 1.807) is 7.11 Å². The Hall–Kier alpha value is -2.35. The van der Waals surface area contributed by atoms with E-state index < -0.39 is 0 Å². The Balaban J connectivity index is 1.71. The number of aryl methyl sites for hydroxylation is 1. The summed E-state index contributed by atoms with van der Waals surface area (Å²) in [5.41, 5.74) is 2.84. The second-order valence-corrected chi connectivity index (χ2v) is 8.02. The topological polar surface area (TPSA) is 69.0 Å². The lowest BCUT2D eigenvalue weighted by Crippen LogP contribution is -2.15. The van der Waals surface area contributed by atoms with E-state index in [0.717, 1.165) is 24.1 Å². The van der Waals surface area contributed by atoms with Gasteiger partial charge in [-0.15, -0.1) is 10.2 Å². The molecule has 8 heteroatoms. The zero-order valence-corrected chi connectivity index (χ0v) is 18.7. The number of anilines is 1. The monoisotopic (exact) mass is 444 g/mol. The maximum atomic E-state index is 12.4. The highest BCUT2D eigenvalue weighted by atomic mass is 35.5. The molecule has 0 aliphatic carbocycles. The minimum absolute atomic E-state index is 0.0880. The molecule has 1 heterocycles. The van der Waals surface area contributed by atoms with Gasteiger partial charge in [0.25, 0.3) is 0 Å². The van der Waals surface area contributed by atoms with Gasteiger partial charge in [0, 0.05) is 31.5 Å². The molecule has 1 aromatic heterocycles. The molecule has 3 aromatic rings. The number of carbonyl (C=O) groups excluding carboxylic acids is 1. The average Bonchev–Trinajstić information content (AvgIpc) is 3.16. The van der Waals surface area contributed by atoms with Crippen molar-refractivity contribution in [2.24, 2.45) is 0 Å². The van der Waals surface area contributed by atoms with E-state index in [4.69, 9.17) is 16.3 Å². The minimum atomic E-state index is -0.0880. The lowest BCUT2D eigenvalue weighted by Gasteiger charge is -2.11. The first-order chi connectivity index (χ1) is 14.6. The van der Waals surface area contributed by atoms with Crippen LogP contribution in [0.1, 0.15) is 18.9 Å². The Morgan fingerprint density at radius 1 is 1.17 bits per heavy atom. The van der Waals surface area contributed by atoms with Gasteiger partial charge in [-0.25, -0.2) is 0 Å². The van der Waals surface area contributed by atoms with Gasteiger partial charge in [-0.3, -0.25) is 4.79 Å². The van der Waals surface area contributed by atoms with Crippen LogP contribution in [-0.4, -0.2) is 40.1 Å². The zero-order chi connectivity index (χ0) is 21.3. The number of halogens is 1. The number of methoxy groups -OCH3 is 1. The Kier molecular flexibility index (Phi) is 8.30.